The lowest BCUT2D eigenvalue weighted by molar-refractivity contribution is 0.828. The summed E-state index contributed by atoms with van der Waals surface area (Å²) < 4.78 is 1.35. The van der Waals surface area contributed by atoms with Crippen molar-refractivity contribution in [2.24, 2.45) is 0 Å². The minimum atomic E-state index is 0.230. The molecule has 14 heavy (non-hydrogen) atoms. The molecule has 0 unspecified atom stereocenters. The summed E-state index contributed by atoms with van der Waals surface area (Å²) in [5, 5.41) is 0. The summed E-state index contributed by atoms with van der Waals surface area (Å²) in [6, 6.07) is 0. The normalized spacial score (nSPS) is 11.4. The van der Waals surface area contributed by atoms with Crippen molar-refractivity contribution >= 4 is 17.1 Å². The number of nitrogens with zero attached hydrogens (tertiary/aromatic N) is 4. The molecule has 0 saturated heterocycles. The number of imidazole rings is 1. The van der Waals surface area contributed by atoms with Crippen LogP contribution >= 0.6 is 0 Å². The van der Waals surface area contributed by atoms with E-state index >= 15 is 0 Å². The van der Waals surface area contributed by atoms with Crippen LogP contribution in [0, 0.1) is 0 Å². The fourth-order valence-electron chi connectivity index (χ4n) is 1.36. The molecular weight excluding hydrogens is 180 g/mol. The van der Waals surface area contributed by atoms with Crippen molar-refractivity contribution in [2.75, 3.05) is 11.6 Å². The van der Waals surface area contributed by atoms with Gasteiger partial charge in [0, 0.05) is 0 Å². The first-order valence-electron chi connectivity index (χ1n) is 4.35. The summed E-state index contributed by atoms with van der Waals surface area (Å²) in [6.45, 7) is 4.05. The quantitative estimate of drug-likeness (QED) is 0.631. The van der Waals surface area contributed by atoms with Gasteiger partial charge >= 0.3 is 0 Å². The lowest BCUT2D eigenvalue weighted by atomic mass is 10.1. The van der Waals surface area contributed by atoms with Gasteiger partial charge in [0.05, 0.1) is 5.69 Å². The fourth-order valence-corrected chi connectivity index (χ4v) is 1.36. The third kappa shape index (κ3) is 1.15. The van der Waals surface area contributed by atoms with Crippen LogP contribution in [0.2, 0.25) is 0 Å². The van der Waals surface area contributed by atoms with Gasteiger partial charge in [0.2, 0.25) is 5.95 Å². The van der Waals surface area contributed by atoms with Gasteiger partial charge in [-0.15, -0.1) is 0 Å². The van der Waals surface area contributed by atoms with Crippen LogP contribution in [-0.2, 0) is 0 Å². The van der Waals surface area contributed by atoms with Gasteiger partial charge in [-0.3, -0.25) is 0 Å². The largest absolute Gasteiger partial charge is 0.368 e. The van der Waals surface area contributed by atoms with E-state index in [4.69, 9.17) is 11.6 Å². The topological polar surface area (TPSA) is 95.6 Å². The molecule has 6 nitrogen and oxygen atoms in total. The monoisotopic (exact) mass is 192 g/mol. The average Bonchev–Trinajstić information content (AvgIpc) is 2.47. The number of fused-ring (bicyclic) bond motifs is 1. The van der Waals surface area contributed by atoms with E-state index in [0.717, 1.165) is 11.2 Å². The van der Waals surface area contributed by atoms with Crippen molar-refractivity contribution in [3.8, 4) is 0 Å². The van der Waals surface area contributed by atoms with E-state index in [-0.39, 0.29) is 11.9 Å². The number of hydrogen-bond donors (Lipinski definition) is 2. The van der Waals surface area contributed by atoms with Crippen LogP contribution in [0.25, 0.3) is 11.2 Å². The number of anilines is 1. The molecule has 0 aliphatic carbocycles. The molecule has 4 N–H and O–H groups in total. The van der Waals surface area contributed by atoms with Crippen LogP contribution in [0.4, 0.5) is 5.95 Å². The Hall–Kier alpha value is -1.85. The van der Waals surface area contributed by atoms with Gasteiger partial charge in [-0.2, -0.15) is 4.98 Å². The summed E-state index contributed by atoms with van der Waals surface area (Å²) in [5.41, 5.74) is 7.69. The third-order valence-electron chi connectivity index (χ3n) is 2.01. The molecule has 0 aromatic carbocycles. The maximum Gasteiger partial charge on any atom is 0.222 e. The molecule has 0 saturated carbocycles. The second-order valence-corrected chi connectivity index (χ2v) is 3.45. The van der Waals surface area contributed by atoms with Gasteiger partial charge in [-0.1, -0.05) is 13.8 Å². The van der Waals surface area contributed by atoms with Crippen molar-refractivity contribution in [2.45, 2.75) is 19.8 Å². The average molecular weight is 192 g/mol. The number of aromatic nitrogens is 4. The van der Waals surface area contributed by atoms with Gasteiger partial charge in [-0.25, -0.2) is 14.6 Å². The molecule has 0 bridgehead atoms. The van der Waals surface area contributed by atoms with E-state index in [1.54, 1.807) is 0 Å². The standard InChI is InChI=1S/C8H12N6/c1-4(2)5-6-7(13-8(9)12-5)14(10)3-11-6/h3-4H,10H2,1-2H3,(H2,9,12,13). The van der Waals surface area contributed by atoms with Crippen LogP contribution in [0.15, 0.2) is 6.33 Å². The smallest absolute Gasteiger partial charge is 0.222 e. The molecule has 74 valence electrons. The summed E-state index contributed by atoms with van der Waals surface area (Å²) in [5.74, 6) is 6.10. The summed E-state index contributed by atoms with van der Waals surface area (Å²) in [6.07, 6.45) is 1.50. The van der Waals surface area contributed by atoms with Crippen LogP contribution in [0.5, 0.6) is 0 Å². The van der Waals surface area contributed by atoms with Crippen molar-refractivity contribution < 1.29 is 0 Å². The van der Waals surface area contributed by atoms with E-state index in [1.807, 2.05) is 13.8 Å². The number of rotatable bonds is 1. The highest BCUT2D eigenvalue weighted by Gasteiger charge is 2.13. The molecule has 2 rings (SSSR count). The highest BCUT2D eigenvalue weighted by atomic mass is 15.3. The van der Waals surface area contributed by atoms with Crippen molar-refractivity contribution in [1.29, 1.82) is 0 Å². The van der Waals surface area contributed by atoms with Gasteiger partial charge in [-0.05, 0) is 5.92 Å². The molecule has 0 aliphatic heterocycles. The van der Waals surface area contributed by atoms with Gasteiger partial charge in [0.1, 0.15) is 11.8 Å². The third-order valence-corrected chi connectivity index (χ3v) is 2.01. The Morgan fingerprint density at radius 3 is 2.71 bits per heavy atom. The van der Waals surface area contributed by atoms with Crippen LogP contribution in [0.3, 0.4) is 0 Å². The molecule has 0 atom stereocenters. The Bertz CT molecular complexity index is 472. The van der Waals surface area contributed by atoms with Gasteiger partial charge < -0.3 is 11.6 Å². The molecule has 2 aromatic heterocycles. The second-order valence-electron chi connectivity index (χ2n) is 3.45. The van der Waals surface area contributed by atoms with E-state index < -0.39 is 0 Å². The fraction of sp³-hybridized carbons (Fsp3) is 0.375. The van der Waals surface area contributed by atoms with Gasteiger partial charge in [0.25, 0.3) is 0 Å². The van der Waals surface area contributed by atoms with Crippen molar-refractivity contribution in [1.82, 2.24) is 19.6 Å². The van der Waals surface area contributed by atoms with Crippen molar-refractivity contribution in [3.05, 3.63) is 12.0 Å². The second kappa shape index (κ2) is 2.83. The predicted octanol–water partition coefficient (Wildman–Crippen LogP) is 0.246. The van der Waals surface area contributed by atoms with E-state index in [2.05, 4.69) is 15.0 Å². The first-order valence-corrected chi connectivity index (χ1v) is 4.35. The van der Waals surface area contributed by atoms with Crippen LogP contribution < -0.4 is 11.6 Å². The minimum absolute atomic E-state index is 0.230. The Labute approximate surface area is 80.9 Å². The molecule has 0 fully saturated rings. The Morgan fingerprint density at radius 1 is 1.36 bits per heavy atom. The van der Waals surface area contributed by atoms with Crippen LogP contribution in [-0.4, -0.2) is 19.6 Å². The molecular formula is C8H12N6. The Kier molecular flexibility index (Phi) is 1.77. The number of hydrogen-bond acceptors (Lipinski definition) is 5. The van der Waals surface area contributed by atoms with E-state index in [1.165, 1.54) is 11.0 Å². The SMILES string of the molecule is CC(C)c1nc(N)nc2c1ncn2N. The van der Waals surface area contributed by atoms with E-state index in [0.29, 0.717) is 5.65 Å². The van der Waals surface area contributed by atoms with Gasteiger partial charge in [0.15, 0.2) is 5.65 Å². The lowest BCUT2D eigenvalue weighted by Gasteiger charge is -2.05. The summed E-state index contributed by atoms with van der Waals surface area (Å²) in [7, 11) is 0. The molecule has 2 aromatic rings. The Balaban J connectivity index is 2.82. The number of nitrogen functional groups attached to an aromatic ring is 2. The Morgan fingerprint density at radius 2 is 2.07 bits per heavy atom. The zero-order chi connectivity index (χ0) is 10.3. The maximum atomic E-state index is 5.62. The maximum absolute atomic E-state index is 5.62. The molecule has 0 radical (unpaired) electrons. The molecule has 6 heteroatoms. The molecule has 0 spiro atoms. The zero-order valence-electron chi connectivity index (χ0n) is 8.10. The first kappa shape index (κ1) is 8.74. The zero-order valence-corrected chi connectivity index (χ0v) is 8.10. The molecule has 0 aliphatic rings. The summed E-state index contributed by atoms with van der Waals surface area (Å²) in [4.78, 5) is 12.3. The lowest BCUT2D eigenvalue weighted by Crippen LogP contribution is -2.09. The molecule has 2 heterocycles. The summed E-state index contributed by atoms with van der Waals surface area (Å²) >= 11 is 0. The highest BCUT2D eigenvalue weighted by Crippen LogP contribution is 2.20. The molecule has 0 amide bonds. The van der Waals surface area contributed by atoms with Crippen LogP contribution in [0.1, 0.15) is 25.5 Å². The van der Waals surface area contributed by atoms with E-state index in [9.17, 15) is 0 Å². The highest BCUT2D eigenvalue weighted by molar-refractivity contribution is 5.75. The van der Waals surface area contributed by atoms with Crippen molar-refractivity contribution in [3.63, 3.8) is 0 Å². The number of nitrogens with two attached hydrogens (primary N) is 2. The predicted molar refractivity (Wildman–Crippen MR) is 54.0 cm³/mol. The first-order chi connectivity index (χ1) is 6.59. The minimum Gasteiger partial charge on any atom is -0.368 e.